The number of anilines is 1. The van der Waals surface area contributed by atoms with E-state index in [1.165, 1.54) is 16.4 Å². The summed E-state index contributed by atoms with van der Waals surface area (Å²) < 4.78 is 38.6. The number of sulfonamides is 1. The molecule has 0 bridgehead atoms. The first-order chi connectivity index (χ1) is 15.1. The van der Waals surface area contributed by atoms with Crippen molar-refractivity contribution in [3.8, 4) is 0 Å². The van der Waals surface area contributed by atoms with Gasteiger partial charge in [-0.25, -0.2) is 8.42 Å². The molecule has 1 N–H and O–H groups in total. The summed E-state index contributed by atoms with van der Waals surface area (Å²) in [6.07, 6.45) is 1.47. The van der Waals surface area contributed by atoms with E-state index in [9.17, 15) is 13.2 Å². The van der Waals surface area contributed by atoms with Gasteiger partial charge >= 0.3 is 0 Å². The zero-order valence-electron chi connectivity index (χ0n) is 18.7. The minimum absolute atomic E-state index is 0.154. The molecule has 4 rings (SSSR count). The standard InChI is InChI=1S/C24H28N2O5S/c1-15-9-22-19(14-30-23(22)10-16(15)2)11-24(27)25-20-5-7-21(8-6-20)32(28,29)26-12-17(3)31-18(4)13-26/h5-10,14,17-18H,11-13H2,1-4H3,(H,25,27). The number of carbonyl (C=O) groups excluding carboxylic acids is 1. The highest BCUT2D eigenvalue weighted by atomic mass is 32.2. The SMILES string of the molecule is Cc1cc2occ(CC(=O)Nc3ccc(S(=O)(=O)N4CC(C)OC(C)C4)cc3)c2cc1C. The molecule has 1 aliphatic rings. The van der Waals surface area contributed by atoms with Crippen molar-refractivity contribution in [3.05, 3.63) is 59.4 Å². The Hall–Kier alpha value is -2.68. The van der Waals surface area contributed by atoms with Crippen molar-refractivity contribution >= 4 is 32.6 Å². The first-order valence-corrected chi connectivity index (χ1v) is 12.1. The van der Waals surface area contributed by atoms with Crippen LogP contribution in [0.2, 0.25) is 0 Å². The van der Waals surface area contributed by atoms with E-state index in [0.717, 1.165) is 27.7 Å². The lowest BCUT2D eigenvalue weighted by molar-refractivity contribution is -0.115. The van der Waals surface area contributed by atoms with Crippen LogP contribution < -0.4 is 5.32 Å². The number of carbonyl (C=O) groups is 1. The molecule has 170 valence electrons. The van der Waals surface area contributed by atoms with Gasteiger partial charge < -0.3 is 14.5 Å². The molecule has 2 atom stereocenters. The van der Waals surface area contributed by atoms with Crippen molar-refractivity contribution in [1.29, 1.82) is 0 Å². The van der Waals surface area contributed by atoms with Gasteiger partial charge in [0, 0.05) is 29.7 Å². The van der Waals surface area contributed by atoms with E-state index in [-0.39, 0.29) is 29.4 Å². The maximum atomic E-state index is 13.0. The minimum atomic E-state index is -3.62. The average Bonchev–Trinajstić information content (AvgIpc) is 3.09. The number of nitrogens with zero attached hydrogens (tertiary/aromatic N) is 1. The van der Waals surface area contributed by atoms with Crippen LogP contribution in [0.25, 0.3) is 11.0 Å². The van der Waals surface area contributed by atoms with E-state index in [1.807, 2.05) is 39.8 Å². The molecule has 8 heteroatoms. The highest BCUT2D eigenvalue weighted by Crippen LogP contribution is 2.26. The van der Waals surface area contributed by atoms with Crippen molar-refractivity contribution in [2.24, 2.45) is 0 Å². The molecule has 32 heavy (non-hydrogen) atoms. The molecule has 1 aliphatic heterocycles. The van der Waals surface area contributed by atoms with E-state index >= 15 is 0 Å². The smallest absolute Gasteiger partial charge is 0.243 e. The third kappa shape index (κ3) is 4.57. The van der Waals surface area contributed by atoms with Gasteiger partial charge in [-0.3, -0.25) is 4.79 Å². The summed E-state index contributed by atoms with van der Waals surface area (Å²) >= 11 is 0. The second-order valence-corrected chi connectivity index (χ2v) is 10.5. The van der Waals surface area contributed by atoms with Crippen LogP contribution in [-0.2, 0) is 26.0 Å². The van der Waals surface area contributed by atoms with Crippen molar-refractivity contribution < 1.29 is 22.4 Å². The van der Waals surface area contributed by atoms with Gasteiger partial charge in [-0.05, 0) is 75.2 Å². The topological polar surface area (TPSA) is 88.8 Å². The van der Waals surface area contributed by atoms with Crippen LogP contribution in [0.5, 0.6) is 0 Å². The minimum Gasteiger partial charge on any atom is -0.464 e. The highest BCUT2D eigenvalue weighted by molar-refractivity contribution is 7.89. The molecular weight excluding hydrogens is 428 g/mol. The molecule has 1 fully saturated rings. The maximum absolute atomic E-state index is 13.0. The number of hydrogen-bond acceptors (Lipinski definition) is 5. The van der Waals surface area contributed by atoms with Crippen LogP contribution in [-0.4, -0.2) is 43.9 Å². The lowest BCUT2D eigenvalue weighted by atomic mass is 10.0. The Bertz CT molecular complexity index is 1240. The third-order valence-corrected chi connectivity index (χ3v) is 7.63. The quantitative estimate of drug-likeness (QED) is 0.626. The van der Waals surface area contributed by atoms with Crippen LogP contribution in [0, 0.1) is 13.8 Å². The molecule has 7 nitrogen and oxygen atoms in total. The second kappa shape index (κ2) is 8.69. The van der Waals surface area contributed by atoms with Crippen LogP contribution in [0.15, 0.2) is 52.0 Å². The average molecular weight is 457 g/mol. The van der Waals surface area contributed by atoms with Crippen molar-refractivity contribution in [3.63, 3.8) is 0 Å². The fourth-order valence-corrected chi connectivity index (χ4v) is 5.63. The van der Waals surface area contributed by atoms with E-state index in [2.05, 4.69) is 5.32 Å². The number of nitrogens with one attached hydrogen (secondary N) is 1. The fourth-order valence-electron chi connectivity index (χ4n) is 4.04. The number of fused-ring (bicyclic) bond motifs is 1. The van der Waals surface area contributed by atoms with E-state index in [1.54, 1.807) is 18.4 Å². The van der Waals surface area contributed by atoms with Crippen LogP contribution in [0.3, 0.4) is 0 Å². The van der Waals surface area contributed by atoms with Gasteiger partial charge in [-0.15, -0.1) is 0 Å². The van der Waals surface area contributed by atoms with Gasteiger partial charge in [0.15, 0.2) is 0 Å². The van der Waals surface area contributed by atoms with Gasteiger partial charge in [0.05, 0.1) is 29.8 Å². The van der Waals surface area contributed by atoms with Gasteiger partial charge in [0.2, 0.25) is 15.9 Å². The number of furan rings is 1. The van der Waals surface area contributed by atoms with Gasteiger partial charge in [-0.1, -0.05) is 0 Å². The maximum Gasteiger partial charge on any atom is 0.243 e. The summed E-state index contributed by atoms with van der Waals surface area (Å²) in [5.41, 5.74) is 4.39. The van der Waals surface area contributed by atoms with Crippen LogP contribution in [0.1, 0.15) is 30.5 Å². The molecule has 1 aromatic heterocycles. The summed E-state index contributed by atoms with van der Waals surface area (Å²) in [5, 5.41) is 3.76. The Morgan fingerprint density at radius 3 is 2.34 bits per heavy atom. The first kappa shape index (κ1) is 22.5. The monoisotopic (exact) mass is 456 g/mol. The fraction of sp³-hybridized carbons (Fsp3) is 0.375. The third-order valence-electron chi connectivity index (χ3n) is 5.78. The molecule has 0 aliphatic carbocycles. The van der Waals surface area contributed by atoms with Crippen LogP contribution >= 0.6 is 0 Å². The Labute approximate surface area is 188 Å². The zero-order chi connectivity index (χ0) is 23.0. The van der Waals surface area contributed by atoms with E-state index in [0.29, 0.717) is 18.8 Å². The van der Waals surface area contributed by atoms with Gasteiger partial charge in [-0.2, -0.15) is 4.31 Å². The van der Waals surface area contributed by atoms with Gasteiger partial charge in [0.1, 0.15) is 5.58 Å². The molecule has 0 radical (unpaired) electrons. The highest BCUT2D eigenvalue weighted by Gasteiger charge is 2.32. The summed E-state index contributed by atoms with van der Waals surface area (Å²) in [4.78, 5) is 12.8. The van der Waals surface area contributed by atoms with Crippen LogP contribution in [0.4, 0.5) is 5.69 Å². The summed E-state index contributed by atoms with van der Waals surface area (Å²) in [5.74, 6) is -0.197. The first-order valence-electron chi connectivity index (χ1n) is 10.7. The number of benzene rings is 2. The van der Waals surface area contributed by atoms with Crippen molar-refractivity contribution in [2.75, 3.05) is 18.4 Å². The molecule has 3 aromatic rings. The largest absolute Gasteiger partial charge is 0.464 e. The number of rotatable bonds is 5. The van der Waals surface area contributed by atoms with E-state index < -0.39 is 10.0 Å². The Morgan fingerprint density at radius 1 is 1.06 bits per heavy atom. The molecule has 2 aromatic carbocycles. The lowest BCUT2D eigenvalue weighted by Crippen LogP contribution is -2.48. The lowest BCUT2D eigenvalue weighted by Gasteiger charge is -2.34. The molecule has 0 saturated carbocycles. The summed E-state index contributed by atoms with van der Waals surface area (Å²) in [6.45, 7) is 8.42. The number of aryl methyl sites for hydroxylation is 2. The number of hydrogen-bond donors (Lipinski definition) is 1. The predicted octanol–water partition coefficient (Wildman–Crippen LogP) is 4.03. The Morgan fingerprint density at radius 2 is 1.69 bits per heavy atom. The van der Waals surface area contributed by atoms with E-state index in [4.69, 9.17) is 9.15 Å². The predicted molar refractivity (Wildman–Crippen MR) is 123 cm³/mol. The molecule has 0 spiro atoms. The number of ether oxygens (including phenoxy) is 1. The number of morpholine rings is 1. The summed E-state index contributed by atoms with van der Waals surface area (Å²) in [6, 6.07) is 10.3. The molecule has 1 amide bonds. The van der Waals surface area contributed by atoms with Crippen molar-refractivity contribution in [1.82, 2.24) is 4.31 Å². The zero-order valence-corrected chi connectivity index (χ0v) is 19.5. The Balaban J connectivity index is 1.45. The second-order valence-electron chi connectivity index (χ2n) is 8.52. The van der Waals surface area contributed by atoms with Crippen molar-refractivity contribution in [2.45, 2.75) is 51.2 Å². The molecule has 2 unspecified atom stereocenters. The van der Waals surface area contributed by atoms with Gasteiger partial charge in [0.25, 0.3) is 0 Å². The molecular formula is C24H28N2O5S. The number of amides is 1. The Kier molecular flexibility index (Phi) is 6.11. The summed E-state index contributed by atoms with van der Waals surface area (Å²) in [7, 11) is -3.62. The normalized spacial score (nSPS) is 19.9. The molecule has 1 saturated heterocycles. The molecule has 2 heterocycles.